The van der Waals surface area contributed by atoms with Gasteiger partial charge >= 0.3 is 11.9 Å². The van der Waals surface area contributed by atoms with E-state index in [1.54, 1.807) is 12.1 Å². The van der Waals surface area contributed by atoms with Gasteiger partial charge in [-0.05, 0) is 17.7 Å². The predicted octanol–water partition coefficient (Wildman–Crippen LogP) is 1.62. The molecule has 0 saturated carbocycles. The maximum Gasteiger partial charge on any atom is 0.314 e. The van der Waals surface area contributed by atoms with Crippen molar-refractivity contribution in [2.75, 3.05) is 0 Å². The van der Waals surface area contributed by atoms with Crippen molar-refractivity contribution in [1.82, 2.24) is 0 Å². The summed E-state index contributed by atoms with van der Waals surface area (Å²) >= 11 is 0. The van der Waals surface area contributed by atoms with Gasteiger partial charge in [-0.1, -0.05) is 18.1 Å². The van der Waals surface area contributed by atoms with Crippen molar-refractivity contribution in [2.24, 2.45) is 0 Å². The van der Waals surface area contributed by atoms with Crippen molar-refractivity contribution in [3.05, 3.63) is 35.4 Å². The van der Waals surface area contributed by atoms with Gasteiger partial charge in [0.05, 0.1) is 12.8 Å². The van der Waals surface area contributed by atoms with E-state index in [2.05, 4.69) is 10.7 Å². The van der Waals surface area contributed by atoms with Gasteiger partial charge in [-0.25, -0.2) is 0 Å². The number of hydrogen-bond acceptors (Lipinski definition) is 3. The Morgan fingerprint density at radius 3 is 2.19 bits per heavy atom. The van der Waals surface area contributed by atoms with Crippen LogP contribution >= 0.6 is 0 Å². The second kappa shape index (κ2) is 4.19. The van der Waals surface area contributed by atoms with Crippen LogP contribution in [0.25, 0.3) is 0 Å². The van der Waals surface area contributed by atoms with Crippen LogP contribution in [0.4, 0.5) is 0 Å². The fourth-order valence-corrected chi connectivity index (χ4v) is 1.77. The Morgan fingerprint density at radius 2 is 1.69 bits per heavy atom. The van der Waals surface area contributed by atoms with E-state index >= 15 is 0 Å². The van der Waals surface area contributed by atoms with Gasteiger partial charge in [-0.15, -0.1) is 6.42 Å². The van der Waals surface area contributed by atoms with Crippen molar-refractivity contribution in [1.29, 1.82) is 0 Å². The van der Waals surface area contributed by atoms with Gasteiger partial charge in [0.15, 0.2) is 0 Å². The van der Waals surface area contributed by atoms with Crippen LogP contribution in [-0.4, -0.2) is 11.9 Å². The molecule has 0 aliphatic carbocycles. The van der Waals surface area contributed by atoms with Crippen LogP contribution in [0.15, 0.2) is 24.3 Å². The molecule has 1 heterocycles. The Morgan fingerprint density at radius 1 is 1.12 bits per heavy atom. The van der Waals surface area contributed by atoms with Gasteiger partial charge in [0, 0.05) is 11.5 Å². The molecule has 1 saturated heterocycles. The van der Waals surface area contributed by atoms with Gasteiger partial charge < -0.3 is 4.74 Å². The van der Waals surface area contributed by atoms with Crippen LogP contribution in [-0.2, 0) is 14.3 Å². The summed E-state index contributed by atoms with van der Waals surface area (Å²) < 4.78 is 4.47. The first-order valence-corrected chi connectivity index (χ1v) is 4.99. The highest BCUT2D eigenvalue weighted by molar-refractivity contribution is 5.89. The maximum absolute atomic E-state index is 11.1. The molecule has 0 bridgehead atoms. The molecule has 0 radical (unpaired) electrons. The lowest BCUT2D eigenvalue weighted by Gasteiger charge is -2.19. The van der Waals surface area contributed by atoms with Gasteiger partial charge in [-0.3, -0.25) is 9.59 Å². The number of rotatable bonds is 1. The van der Waals surface area contributed by atoms with Crippen LogP contribution in [0, 0.1) is 12.3 Å². The smallest absolute Gasteiger partial charge is 0.314 e. The average molecular weight is 214 g/mol. The molecule has 16 heavy (non-hydrogen) atoms. The quantitative estimate of drug-likeness (QED) is 0.405. The first-order chi connectivity index (χ1) is 7.69. The predicted molar refractivity (Wildman–Crippen MR) is 57.5 cm³/mol. The third kappa shape index (κ3) is 2.12. The van der Waals surface area contributed by atoms with E-state index in [1.165, 1.54) is 0 Å². The minimum Gasteiger partial charge on any atom is -0.393 e. The Hall–Kier alpha value is -2.08. The van der Waals surface area contributed by atoms with Crippen LogP contribution in [0.1, 0.15) is 29.9 Å². The summed E-state index contributed by atoms with van der Waals surface area (Å²) in [5, 5.41) is 0. The normalized spacial score (nSPS) is 16.7. The summed E-state index contributed by atoms with van der Waals surface area (Å²) in [6.45, 7) is 0. The fourth-order valence-electron chi connectivity index (χ4n) is 1.77. The van der Waals surface area contributed by atoms with E-state index in [4.69, 9.17) is 6.42 Å². The SMILES string of the molecule is C#Cc1ccc(C2CC(=O)OC(=O)C2)cc1. The van der Waals surface area contributed by atoms with Crippen LogP contribution in [0.2, 0.25) is 0 Å². The van der Waals surface area contributed by atoms with E-state index in [0.29, 0.717) is 0 Å². The van der Waals surface area contributed by atoms with Crippen molar-refractivity contribution >= 4 is 11.9 Å². The van der Waals surface area contributed by atoms with E-state index in [0.717, 1.165) is 11.1 Å². The fraction of sp³-hybridized carbons (Fsp3) is 0.231. The molecule has 3 nitrogen and oxygen atoms in total. The Kier molecular flexibility index (Phi) is 2.74. The van der Waals surface area contributed by atoms with Gasteiger partial charge in [0.1, 0.15) is 0 Å². The van der Waals surface area contributed by atoms with E-state index in [-0.39, 0.29) is 18.8 Å². The van der Waals surface area contributed by atoms with Gasteiger partial charge in [0.2, 0.25) is 0 Å². The number of hydrogen-bond donors (Lipinski definition) is 0. The summed E-state index contributed by atoms with van der Waals surface area (Å²) in [6.07, 6.45) is 5.75. The highest BCUT2D eigenvalue weighted by atomic mass is 16.6. The maximum atomic E-state index is 11.1. The zero-order chi connectivity index (χ0) is 11.5. The molecular weight excluding hydrogens is 204 g/mol. The molecule has 0 spiro atoms. The van der Waals surface area contributed by atoms with Gasteiger partial charge in [-0.2, -0.15) is 0 Å². The zero-order valence-electron chi connectivity index (χ0n) is 8.60. The molecule has 2 rings (SSSR count). The molecule has 1 aromatic carbocycles. The Balaban J connectivity index is 2.20. The van der Waals surface area contributed by atoms with Gasteiger partial charge in [0.25, 0.3) is 0 Å². The van der Waals surface area contributed by atoms with Crippen LogP contribution in [0.3, 0.4) is 0 Å². The van der Waals surface area contributed by atoms with Crippen molar-refractivity contribution in [3.8, 4) is 12.3 Å². The zero-order valence-corrected chi connectivity index (χ0v) is 8.60. The summed E-state index contributed by atoms with van der Waals surface area (Å²) in [6, 6.07) is 7.32. The molecule has 1 fully saturated rings. The number of esters is 2. The first kappa shape index (κ1) is 10.4. The topological polar surface area (TPSA) is 43.4 Å². The lowest BCUT2D eigenvalue weighted by molar-refractivity contribution is -0.163. The minimum atomic E-state index is -0.456. The molecule has 0 N–H and O–H groups in total. The minimum absolute atomic E-state index is 0.0828. The highest BCUT2D eigenvalue weighted by Gasteiger charge is 2.27. The van der Waals surface area contributed by atoms with Crippen molar-refractivity contribution < 1.29 is 14.3 Å². The lowest BCUT2D eigenvalue weighted by Crippen LogP contribution is -2.24. The van der Waals surface area contributed by atoms with Crippen LogP contribution in [0.5, 0.6) is 0 Å². The third-order valence-electron chi connectivity index (χ3n) is 2.60. The molecule has 1 aliphatic heterocycles. The molecule has 80 valence electrons. The molecule has 0 amide bonds. The first-order valence-electron chi connectivity index (χ1n) is 4.99. The molecular formula is C13H10O3. The number of benzene rings is 1. The second-order valence-corrected chi connectivity index (χ2v) is 3.72. The molecule has 0 atom stereocenters. The monoisotopic (exact) mass is 214 g/mol. The Bertz CT molecular complexity index is 449. The van der Waals surface area contributed by atoms with Crippen molar-refractivity contribution in [3.63, 3.8) is 0 Å². The number of cyclic esters (lactones) is 2. The number of terminal acetylenes is 1. The number of ether oxygens (including phenoxy) is 1. The third-order valence-corrected chi connectivity index (χ3v) is 2.60. The summed E-state index contributed by atoms with van der Waals surface area (Å²) in [5.74, 6) is 1.52. The second-order valence-electron chi connectivity index (χ2n) is 3.72. The molecule has 1 aliphatic rings. The van der Waals surface area contributed by atoms with E-state index in [1.807, 2.05) is 12.1 Å². The number of carbonyl (C=O) groups is 2. The Labute approximate surface area is 93.4 Å². The summed E-state index contributed by atoms with van der Waals surface area (Å²) in [4.78, 5) is 22.2. The average Bonchev–Trinajstić information content (AvgIpc) is 2.28. The van der Waals surface area contributed by atoms with Crippen LogP contribution < -0.4 is 0 Å². The molecule has 0 unspecified atom stereocenters. The summed E-state index contributed by atoms with van der Waals surface area (Å²) in [5.41, 5.74) is 1.73. The van der Waals surface area contributed by atoms with E-state index in [9.17, 15) is 9.59 Å². The molecule has 1 aromatic rings. The highest BCUT2D eigenvalue weighted by Crippen LogP contribution is 2.28. The summed E-state index contributed by atoms with van der Waals surface area (Å²) in [7, 11) is 0. The largest absolute Gasteiger partial charge is 0.393 e. The van der Waals surface area contributed by atoms with E-state index < -0.39 is 11.9 Å². The van der Waals surface area contributed by atoms with Crippen molar-refractivity contribution in [2.45, 2.75) is 18.8 Å². The number of carbonyl (C=O) groups excluding carboxylic acids is 2. The molecule has 0 aromatic heterocycles. The lowest BCUT2D eigenvalue weighted by atomic mass is 9.90. The standard InChI is InChI=1S/C13H10O3/c1-2-9-3-5-10(6-4-9)11-7-12(14)16-13(15)8-11/h1,3-6,11H,7-8H2. The molecule has 3 heteroatoms.